The molecule has 0 N–H and O–H groups in total. The van der Waals surface area contributed by atoms with Gasteiger partial charge in [-0.1, -0.05) is 123 Å². The molecule has 0 amide bonds. The molecule has 0 unspecified atom stereocenters. The van der Waals surface area contributed by atoms with Crippen LogP contribution in [0.25, 0.3) is 93.6 Å². The smallest absolute Gasteiger partial charge is 0.144 e. The third-order valence-corrected chi connectivity index (χ3v) is 10.7. The number of rotatable bonds is 1. The Morgan fingerprint density at radius 3 is 2.00 bits per heavy atom. The predicted molar refractivity (Wildman–Crippen MR) is 188 cm³/mol. The monoisotopic (exact) mass is 573 g/mol. The van der Waals surface area contributed by atoms with Crippen LogP contribution in [0.5, 0.6) is 0 Å². The molecular formula is C43H27NO. The summed E-state index contributed by atoms with van der Waals surface area (Å²) >= 11 is 0. The highest BCUT2D eigenvalue weighted by Crippen LogP contribution is 2.58. The molecule has 2 aromatic heterocycles. The summed E-state index contributed by atoms with van der Waals surface area (Å²) in [7, 11) is 0. The summed E-state index contributed by atoms with van der Waals surface area (Å²) < 4.78 is 9.43. The van der Waals surface area contributed by atoms with Crippen molar-refractivity contribution < 1.29 is 4.42 Å². The molecule has 45 heavy (non-hydrogen) atoms. The fraction of sp³-hybridized carbons (Fsp3) is 0.0698. The summed E-state index contributed by atoms with van der Waals surface area (Å²) in [6.07, 6.45) is 0. The zero-order chi connectivity index (χ0) is 29.6. The van der Waals surface area contributed by atoms with Gasteiger partial charge < -0.3 is 8.98 Å². The molecule has 11 rings (SSSR count). The van der Waals surface area contributed by atoms with E-state index in [-0.39, 0.29) is 5.41 Å². The summed E-state index contributed by atoms with van der Waals surface area (Å²) in [5.74, 6) is 0. The van der Waals surface area contributed by atoms with Gasteiger partial charge in [0.1, 0.15) is 11.2 Å². The molecule has 2 heterocycles. The molecule has 2 aliphatic carbocycles. The number of nitrogens with zero attached hydrogens (tertiary/aromatic N) is 1. The van der Waals surface area contributed by atoms with E-state index in [4.69, 9.17) is 4.42 Å². The van der Waals surface area contributed by atoms with Crippen LogP contribution in [-0.2, 0) is 5.41 Å². The Kier molecular flexibility index (Phi) is 4.19. The fourth-order valence-electron chi connectivity index (χ4n) is 8.92. The van der Waals surface area contributed by atoms with E-state index in [2.05, 4.69) is 146 Å². The normalized spacial score (nSPS) is 14.2. The van der Waals surface area contributed by atoms with E-state index < -0.39 is 0 Å². The van der Waals surface area contributed by atoms with Crippen LogP contribution in [0.2, 0.25) is 0 Å². The Balaban J connectivity index is 1.41. The molecule has 9 aromatic rings. The zero-order valence-corrected chi connectivity index (χ0v) is 25.0. The molecule has 210 valence electrons. The molecule has 0 radical (unpaired) electrons. The van der Waals surface area contributed by atoms with Crippen molar-refractivity contribution in [1.82, 2.24) is 4.57 Å². The zero-order valence-electron chi connectivity index (χ0n) is 25.0. The highest BCUT2D eigenvalue weighted by molar-refractivity contribution is 6.32. The predicted octanol–water partition coefficient (Wildman–Crippen LogP) is 11.8. The molecule has 0 saturated carbocycles. The Hall–Kier alpha value is -5.60. The Bertz CT molecular complexity index is 2760. The molecule has 0 fully saturated rings. The SMILES string of the molecule is CC1(C)c2ccccc2-c2c1c1c(c3ccccc3n1-c1ccc3c4c(cccc14)-c1ccccc1-3)c1c2oc2ccccc21. The van der Waals surface area contributed by atoms with Crippen LogP contribution in [0.1, 0.15) is 25.0 Å². The maximum atomic E-state index is 6.85. The Morgan fingerprint density at radius 2 is 1.16 bits per heavy atom. The van der Waals surface area contributed by atoms with Gasteiger partial charge in [-0.05, 0) is 62.5 Å². The summed E-state index contributed by atoms with van der Waals surface area (Å²) in [6.45, 7) is 4.77. The van der Waals surface area contributed by atoms with Crippen LogP contribution in [0.4, 0.5) is 0 Å². The van der Waals surface area contributed by atoms with Crippen LogP contribution in [0, 0.1) is 0 Å². The van der Waals surface area contributed by atoms with Gasteiger partial charge in [-0.15, -0.1) is 0 Å². The second-order valence-electron chi connectivity index (χ2n) is 13.2. The third-order valence-electron chi connectivity index (χ3n) is 10.7. The van der Waals surface area contributed by atoms with E-state index in [0.29, 0.717) is 0 Å². The number of benzene rings is 7. The maximum Gasteiger partial charge on any atom is 0.144 e. The highest BCUT2D eigenvalue weighted by atomic mass is 16.3. The van der Waals surface area contributed by atoms with Gasteiger partial charge in [-0.2, -0.15) is 0 Å². The van der Waals surface area contributed by atoms with Gasteiger partial charge in [-0.25, -0.2) is 0 Å². The van der Waals surface area contributed by atoms with Crippen molar-refractivity contribution in [3.8, 4) is 39.1 Å². The van der Waals surface area contributed by atoms with Crippen molar-refractivity contribution >= 4 is 54.5 Å². The lowest BCUT2D eigenvalue weighted by Gasteiger charge is -2.24. The first-order chi connectivity index (χ1) is 22.1. The quantitative estimate of drug-likeness (QED) is 0.191. The lowest BCUT2D eigenvalue weighted by molar-refractivity contribution is 0.656. The Morgan fingerprint density at radius 1 is 0.511 bits per heavy atom. The van der Waals surface area contributed by atoms with Crippen LogP contribution in [-0.4, -0.2) is 4.57 Å². The summed E-state index contributed by atoms with van der Waals surface area (Å²) in [6, 6.07) is 46.8. The van der Waals surface area contributed by atoms with Crippen LogP contribution in [0.3, 0.4) is 0 Å². The molecule has 0 bridgehead atoms. The number of para-hydroxylation sites is 2. The van der Waals surface area contributed by atoms with Crippen molar-refractivity contribution in [3.05, 3.63) is 139 Å². The minimum Gasteiger partial charge on any atom is -0.455 e. The summed E-state index contributed by atoms with van der Waals surface area (Å²) in [4.78, 5) is 0. The lowest BCUT2D eigenvalue weighted by Crippen LogP contribution is -2.16. The number of furan rings is 1. The van der Waals surface area contributed by atoms with Gasteiger partial charge in [0.05, 0.1) is 16.7 Å². The standard InChI is InChI=1S/C43H27NO/c1-43(2)32-19-8-5-14-28(32)39-40(43)41-37(38-31-16-7-10-21-35(31)45-42(38)39)30-15-6-9-20-33(30)44(41)34-23-22-27-25-13-4-3-12-24(25)26-17-11-18-29(34)36(26)27/h3-23H,1-2H3. The second-order valence-corrected chi connectivity index (χ2v) is 13.2. The fourth-order valence-corrected chi connectivity index (χ4v) is 8.92. The third kappa shape index (κ3) is 2.70. The highest BCUT2D eigenvalue weighted by Gasteiger charge is 2.41. The van der Waals surface area contributed by atoms with Crippen molar-refractivity contribution in [1.29, 1.82) is 0 Å². The van der Waals surface area contributed by atoms with Gasteiger partial charge in [0.2, 0.25) is 0 Å². The minimum absolute atomic E-state index is 0.228. The molecule has 0 spiro atoms. The summed E-state index contributed by atoms with van der Waals surface area (Å²) in [5, 5.41) is 7.53. The van der Waals surface area contributed by atoms with Crippen molar-refractivity contribution in [2.75, 3.05) is 0 Å². The first-order valence-electron chi connectivity index (χ1n) is 15.8. The molecule has 7 aromatic carbocycles. The topological polar surface area (TPSA) is 18.1 Å². The molecule has 0 atom stereocenters. The van der Waals surface area contributed by atoms with Gasteiger partial charge >= 0.3 is 0 Å². The minimum atomic E-state index is -0.228. The van der Waals surface area contributed by atoms with E-state index in [1.807, 2.05) is 0 Å². The molecule has 0 aliphatic heterocycles. The van der Waals surface area contributed by atoms with Crippen LogP contribution in [0.15, 0.2) is 132 Å². The van der Waals surface area contributed by atoms with Crippen molar-refractivity contribution in [2.45, 2.75) is 19.3 Å². The van der Waals surface area contributed by atoms with Gasteiger partial charge in [0.25, 0.3) is 0 Å². The molecule has 0 saturated heterocycles. The Labute approximate surface area is 259 Å². The average Bonchev–Trinajstić information content (AvgIpc) is 3.78. The van der Waals surface area contributed by atoms with E-state index >= 15 is 0 Å². The molecule has 2 aliphatic rings. The molecule has 2 heteroatoms. The lowest BCUT2D eigenvalue weighted by atomic mass is 9.81. The van der Waals surface area contributed by atoms with Gasteiger partial charge in [0, 0.05) is 37.9 Å². The first kappa shape index (κ1) is 23.8. The van der Waals surface area contributed by atoms with Crippen LogP contribution < -0.4 is 0 Å². The maximum absolute atomic E-state index is 6.85. The van der Waals surface area contributed by atoms with E-state index in [1.165, 1.54) is 93.5 Å². The van der Waals surface area contributed by atoms with Crippen molar-refractivity contribution in [3.63, 3.8) is 0 Å². The van der Waals surface area contributed by atoms with E-state index in [0.717, 1.165) is 11.2 Å². The molecule has 2 nitrogen and oxygen atoms in total. The van der Waals surface area contributed by atoms with Crippen LogP contribution >= 0.6 is 0 Å². The van der Waals surface area contributed by atoms with E-state index in [1.54, 1.807) is 0 Å². The largest absolute Gasteiger partial charge is 0.455 e. The van der Waals surface area contributed by atoms with Crippen molar-refractivity contribution in [2.24, 2.45) is 0 Å². The van der Waals surface area contributed by atoms with Gasteiger partial charge in [0.15, 0.2) is 0 Å². The van der Waals surface area contributed by atoms with E-state index in [9.17, 15) is 0 Å². The first-order valence-corrected chi connectivity index (χ1v) is 15.8. The average molecular weight is 574 g/mol. The number of fused-ring (bicyclic) bond motifs is 15. The molecular weight excluding hydrogens is 546 g/mol. The summed E-state index contributed by atoms with van der Waals surface area (Å²) in [5.41, 5.74) is 15.9. The number of hydrogen-bond acceptors (Lipinski definition) is 1. The van der Waals surface area contributed by atoms with Gasteiger partial charge in [-0.3, -0.25) is 0 Å². The number of hydrogen-bond donors (Lipinski definition) is 0. The number of aromatic nitrogens is 1. The second kappa shape index (κ2) is 7.91.